The van der Waals surface area contributed by atoms with E-state index in [4.69, 9.17) is 15.6 Å². The summed E-state index contributed by atoms with van der Waals surface area (Å²) in [5, 5.41) is 9.09. The number of hydrogen-bond acceptors (Lipinski definition) is 3. The van der Waals surface area contributed by atoms with Gasteiger partial charge in [-0.3, -0.25) is 0 Å². The van der Waals surface area contributed by atoms with Crippen LogP contribution in [0.5, 0.6) is 0 Å². The van der Waals surface area contributed by atoms with Crippen molar-refractivity contribution in [1.29, 1.82) is 0 Å². The normalized spacial score (nSPS) is 21.6. The van der Waals surface area contributed by atoms with Gasteiger partial charge in [-0.05, 0) is 38.5 Å². The smallest absolute Gasteiger partial charge is 0.0611 e. The number of aliphatic hydroxyl groups is 1. The van der Waals surface area contributed by atoms with Gasteiger partial charge in [0.05, 0.1) is 12.7 Å². The molecule has 0 spiro atoms. The van der Waals surface area contributed by atoms with E-state index in [1.807, 2.05) is 6.92 Å². The molecule has 3 N–H and O–H groups in total. The number of rotatable bonds is 7. The summed E-state index contributed by atoms with van der Waals surface area (Å²) in [5.74, 6) is 0. The Kier molecular flexibility index (Phi) is 4.85. The molecule has 1 saturated carbocycles. The van der Waals surface area contributed by atoms with Gasteiger partial charge in [0.1, 0.15) is 0 Å². The van der Waals surface area contributed by atoms with Crippen molar-refractivity contribution in [3.63, 3.8) is 0 Å². The standard InChI is InChI=1S/C11H23NO2/c1-2-11(12,9-13)7-4-8-14-10-5-3-6-10/h10,13H,2-9,12H2,1H3. The highest BCUT2D eigenvalue weighted by Crippen LogP contribution is 2.22. The van der Waals surface area contributed by atoms with Gasteiger partial charge in [0.15, 0.2) is 0 Å². The lowest BCUT2D eigenvalue weighted by atomic mass is 9.92. The molecule has 1 aliphatic rings. The summed E-state index contributed by atoms with van der Waals surface area (Å²) in [7, 11) is 0. The molecule has 1 unspecified atom stereocenters. The molecule has 0 bridgehead atoms. The number of aliphatic hydroxyl groups excluding tert-OH is 1. The summed E-state index contributed by atoms with van der Waals surface area (Å²) < 4.78 is 5.63. The van der Waals surface area contributed by atoms with E-state index < -0.39 is 0 Å². The fourth-order valence-electron chi connectivity index (χ4n) is 1.58. The number of hydrogen-bond donors (Lipinski definition) is 2. The summed E-state index contributed by atoms with van der Waals surface area (Å²) >= 11 is 0. The second-order valence-corrected chi connectivity index (χ2v) is 4.40. The van der Waals surface area contributed by atoms with Crippen molar-refractivity contribution in [3.8, 4) is 0 Å². The average molecular weight is 201 g/mol. The molecule has 0 aromatic heterocycles. The van der Waals surface area contributed by atoms with Crippen molar-refractivity contribution in [2.45, 2.75) is 57.1 Å². The molecule has 0 saturated heterocycles. The van der Waals surface area contributed by atoms with E-state index in [0.717, 1.165) is 25.9 Å². The highest BCUT2D eigenvalue weighted by atomic mass is 16.5. The van der Waals surface area contributed by atoms with Gasteiger partial charge < -0.3 is 15.6 Å². The van der Waals surface area contributed by atoms with Crippen molar-refractivity contribution in [2.24, 2.45) is 5.73 Å². The fraction of sp³-hybridized carbons (Fsp3) is 1.00. The first kappa shape index (κ1) is 12.0. The predicted molar refractivity (Wildman–Crippen MR) is 57.1 cm³/mol. The summed E-state index contributed by atoms with van der Waals surface area (Å²) in [6.45, 7) is 2.89. The van der Waals surface area contributed by atoms with Crippen LogP contribution in [0.3, 0.4) is 0 Å². The molecule has 1 aliphatic carbocycles. The molecule has 0 aliphatic heterocycles. The highest BCUT2D eigenvalue weighted by Gasteiger charge is 2.22. The van der Waals surface area contributed by atoms with Gasteiger partial charge in [-0.1, -0.05) is 6.92 Å². The van der Waals surface area contributed by atoms with Crippen LogP contribution in [0.1, 0.15) is 45.4 Å². The first-order chi connectivity index (χ1) is 6.70. The molecule has 3 heteroatoms. The third kappa shape index (κ3) is 3.56. The molecule has 1 atom stereocenters. The van der Waals surface area contributed by atoms with Crippen molar-refractivity contribution >= 4 is 0 Å². The van der Waals surface area contributed by atoms with Crippen LogP contribution in [0.15, 0.2) is 0 Å². The van der Waals surface area contributed by atoms with Crippen LogP contribution in [-0.4, -0.2) is 30.0 Å². The van der Waals surface area contributed by atoms with Crippen LogP contribution in [0.2, 0.25) is 0 Å². The Labute approximate surface area is 86.6 Å². The Morgan fingerprint density at radius 2 is 2.21 bits per heavy atom. The maximum Gasteiger partial charge on any atom is 0.0611 e. The van der Waals surface area contributed by atoms with E-state index in [-0.39, 0.29) is 12.1 Å². The van der Waals surface area contributed by atoms with Crippen LogP contribution < -0.4 is 5.73 Å². The van der Waals surface area contributed by atoms with E-state index in [1.165, 1.54) is 19.3 Å². The van der Waals surface area contributed by atoms with E-state index in [1.54, 1.807) is 0 Å². The van der Waals surface area contributed by atoms with Crippen molar-refractivity contribution in [1.82, 2.24) is 0 Å². The van der Waals surface area contributed by atoms with Gasteiger partial charge >= 0.3 is 0 Å². The average Bonchev–Trinajstić information content (AvgIpc) is 2.14. The summed E-state index contributed by atoms with van der Waals surface area (Å²) in [6.07, 6.45) is 6.92. The van der Waals surface area contributed by atoms with Gasteiger partial charge in [0, 0.05) is 12.1 Å². The maximum atomic E-state index is 9.09. The summed E-state index contributed by atoms with van der Waals surface area (Å²) in [6, 6.07) is 0. The number of nitrogens with two attached hydrogens (primary N) is 1. The van der Waals surface area contributed by atoms with E-state index in [0.29, 0.717) is 6.10 Å². The van der Waals surface area contributed by atoms with Crippen LogP contribution in [0, 0.1) is 0 Å². The molecule has 1 fully saturated rings. The van der Waals surface area contributed by atoms with Gasteiger partial charge in [-0.25, -0.2) is 0 Å². The van der Waals surface area contributed by atoms with E-state index >= 15 is 0 Å². The molecule has 3 nitrogen and oxygen atoms in total. The zero-order valence-electron chi connectivity index (χ0n) is 9.17. The van der Waals surface area contributed by atoms with Gasteiger partial charge in [-0.2, -0.15) is 0 Å². The van der Waals surface area contributed by atoms with Crippen LogP contribution in [0.25, 0.3) is 0 Å². The van der Waals surface area contributed by atoms with Crippen LogP contribution in [0.4, 0.5) is 0 Å². The quantitative estimate of drug-likeness (QED) is 0.613. The lowest BCUT2D eigenvalue weighted by Crippen LogP contribution is -2.43. The van der Waals surface area contributed by atoms with Crippen molar-refractivity contribution < 1.29 is 9.84 Å². The zero-order chi connectivity index (χ0) is 10.4. The molecule has 0 radical (unpaired) electrons. The Morgan fingerprint density at radius 3 is 2.64 bits per heavy atom. The third-order valence-corrected chi connectivity index (χ3v) is 3.24. The second-order valence-electron chi connectivity index (χ2n) is 4.40. The maximum absolute atomic E-state index is 9.09. The largest absolute Gasteiger partial charge is 0.394 e. The minimum atomic E-state index is -0.386. The Morgan fingerprint density at radius 1 is 1.50 bits per heavy atom. The topological polar surface area (TPSA) is 55.5 Å². The monoisotopic (exact) mass is 201 g/mol. The third-order valence-electron chi connectivity index (χ3n) is 3.24. The molecule has 84 valence electrons. The minimum Gasteiger partial charge on any atom is -0.394 e. The molecule has 0 aromatic rings. The lowest BCUT2D eigenvalue weighted by molar-refractivity contribution is -0.00211. The lowest BCUT2D eigenvalue weighted by Gasteiger charge is -2.28. The Bertz CT molecular complexity index is 153. The molecular weight excluding hydrogens is 178 g/mol. The van der Waals surface area contributed by atoms with Gasteiger partial charge in [-0.15, -0.1) is 0 Å². The van der Waals surface area contributed by atoms with Gasteiger partial charge in [0.25, 0.3) is 0 Å². The fourth-order valence-corrected chi connectivity index (χ4v) is 1.58. The molecule has 1 rings (SSSR count). The second kappa shape index (κ2) is 5.69. The van der Waals surface area contributed by atoms with E-state index in [2.05, 4.69) is 0 Å². The zero-order valence-corrected chi connectivity index (χ0v) is 9.17. The minimum absolute atomic E-state index is 0.0763. The van der Waals surface area contributed by atoms with Crippen molar-refractivity contribution in [3.05, 3.63) is 0 Å². The predicted octanol–water partition coefficient (Wildman–Crippen LogP) is 1.44. The molecule has 0 heterocycles. The first-order valence-electron chi connectivity index (χ1n) is 5.71. The van der Waals surface area contributed by atoms with Crippen molar-refractivity contribution in [2.75, 3.05) is 13.2 Å². The SMILES string of the molecule is CCC(N)(CO)CCCOC1CCC1. The molecule has 0 amide bonds. The molecule has 0 aromatic carbocycles. The molecule has 14 heavy (non-hydrogen) atoms. The highest BCUT2D eigenvalue weighted by molar-refractivity contribution is 4.81. The van der Waals surface area contributed by atoms with Gasteiger partial charge in [0.2, 0.25) is 0 Å². The summed E-state index contributed by atoms with van der Waals surface area (Å²) in [5.41, 5.74) is 5.57. The Hall–Kier alpha value is -0.120. The number of ether oxygens (including phenoxy) is 1. The van der Waals surface area contributed by atoms with Crippen LogP contribution >= 0.6 is 0 Å². The van der Waals surface area contributed by atoms with Crippen LogP contribution in [-0.2, 0) is 4.74 Å². The molecular formula is C11H23NO2. The summed E-state index contributed by atoms with van der Waals surface area (Å²) in [4.78, 5) is 0. The first-order valence-corrected chi connectivity index (χ1v) is 5.71. The van der Waals surface area contributed by atoms with E-state index in [9.17, 15) is 0 Å². The Balaban J connectivity index is 2.01.